The first-order chi connectivity index (χ1) is 18.4. The van der Waals surface area contributed by atoms with Gasteiger partial charge in [0.1, 0.15) is 6.04 Å². The van der Waals surface area contributed by atoms with Gasteiger partial charge in [-0.1, -0.05) is 46.3 Å². The Balaban J connectivity index is 1.44. The molecule has 9 nitrogen and oxygen atoms in total. The van der Waals surface area contributed by atoms with Gasteiger partial charge in [0, 0.05) is 36.3 Å². The SMILES string of the molecule is CCOC(=O)[C@H]1[C@@H]2SC3(CC2Br)C(C(=O)NCCN2CCOCC2)N([C@@H](CO)Cc2ccccc2)C(=O)[C@H]13. The lowest BCUT2D eigenvalue weighted by molar-refractivity contribution is -0.154. The Bertz CT molecular complexity index is 1030. The predicted molar refractivity (Wildman–Crippen MR) is 147 cm³/mol. The van der Waals surface area contributed by atoms with Crippen LogP contribution in [0.2, 0.25) is 0 Å². The molecule has 0 aromatic heterocycles. The number of likely N-dealkylation sites (tertiary alicyclic amines) is 1. The summed E-state index contributed by atoms with van der Waals surface area (Å²) in [5, 5.41) is 13.5. The maximum absolute atomic E-state index is 14.2. The van der Waals surface area contributed by atoms with Crippen LogP contribution >= 0.6 is 27.7 Å². The van der Waals surface area contributed by atoms with Crippen molar-refractivity contribution in [3.8, 4) is 0 Å². The lowest BCUT2D eigenvalue weighted by Gasteiger charge is -2.37. The number of morpholine rings is 1. The number of amides is 2. The van der Waals surface area contributed by atoms with Crippen LogP contribution in [0.3, 0.4) is 0 Å². The van der Waals surface area contributed by atoms with Crippen LogP contribution in [-0.2, 0) is 30.3 Å². The van der Waals surface area contributed by atoms with E-state index in [4.69, 9.17) is 9.47 Å². The number of rotatable bonds is 10. The van der Waals surface area contributed by atoms with Gasteiger partial charge >= 0.3 is 5.97 Å². The number of carbonyl (C=O) groups is 3. The number of nitrogens with zero attached hydrogens (tertiary/aromatic N) is 2. The van der Waals surface area contributed by atoms with E-state index in [0.29, 0.717) is 39.1 Å². The molecule has 2 bridgehead atoms. The maximum Gasteiger partial charge on any atom is 0.310 e. The second-order valence-corrected chi connectivity index (χ2v) is 13.1. The van der Waals surface area contributed by atoms with Crippen LogP contribution in [0.25, 0.3) is 0 Å². The molecular weight excluding hydrogens is 574 g/mol. The maximum atomic E-state index is 14.2. The van der Waals surface area contributed by atoms with Gasteiger partial charge in [0.15, 0.2) is 0 Å². The number of alkyl halides is 1. The smallest absolute Gasteiger partial charge is 0.310 e. The van der Waals surface area contributed by atoms with Crippen molar-refractivity contribution in [2.45, 2.75) is 46.7 Å². The van der Waals surface area contributed by atoms with E-state index in [9.17, 15) is 19.5 Å². The second-order valence-electron chi connectivity index (χ2n) is 10.4. The number of halogens is 1. The van der Waals surface area contributed by atoms with Gasteiger partial charge in [-0.3, -0.25) is 19.3 Å². The fourth-order valence-corrected chi connectivity index (χ4v) is 10.3. The Morgan fingerprint density at radius 1 is 1.29 bits per heavy atom. The van der Waals surface area contributed by atoms with Gasteiger partial charge in [0.05, 0.1) is 49.1 Å². The summed E-state index contributed by atoms with van der Waals surface area (Å²) in [4.78, 5) is 45.1. The van der Waals surface area contributed by atoms with Crippen LogP contribution in [0.4, 0.5) is 0 Å². The van der Waals surface area contributed by atoms with Crippen LogP contribution in [0.5, 0.6) is 0 Å². The zero-order valence-corrected chi connectivity index (χ0v) is 24.0. The molecule has 3 unspecified atom stereocenters. The number of ether oxygens (including phenoxy) is 2. The first-order valence-electron chi connectivity index (χ1n) is 13.4. The summed E-state index contributed by atoms with van der Waals surface area (Å²) in [6.07, 6.45) is 1.01. The number of nitrogens with one attached hydrogen (secondary N) is 1. The van der Waals surface area contributed by atoms with Crippen LogP contribution in [0, 0.1) is 11.8 Å². The third-order valence-corrected chi connectivity index (χ3v) is 11.5. The van der Waals surface area contributed by atoms with Gasteiger partial charge in [-0.05, 0) is 25.3 Å². The average Bonchev–Trinajstić information content (AvgIpc) is 3.52. The summed E-state index contributed by atoms with van der Waals surface area (Å²) in [6, 6.07) is 8.29. The number of carbonyl (C=O) groups excluding carboxylic acids is 3. The fraction of sp³-hybridized carbons (Fsp3) is 0.667. The minimum Gasteiger partial charge on any atom is -0.466 e. The zero-order valence-electron chi connectivity index (χ0n) is 21.6. The minimum atomic E-state index is -0.792. The van der Waals surface area contributed by atoms with Crippen LogP contribution < -0.4 is 5.32 Å². The Kier molecular flexibility index (Phi) is 8.69. The van der Waals surface area contributed by atoms with E-state index in [1.807, 2.05) is 30.3 Å². The number of hydrogen-bond donors (Lipinski definition) is 2. The molecule has 208 valence electrons. The van der Waals surface area contributed by atoms with Crippen LogP contribution in [-0.4, -0.2) is 112 Å². The van der Waals surface area contributed by atoms with Crippen molar-refractivity contribution in [2.24, 2.45) is 11.8 Å². The predicted octanol–water partition coefficient (Wildman–Crippen LogP) is 1.07. The molecule has 4 aliphatic heterocycles. The molecule has 1 aromatic carbocycles. The zero-order chi connectivity index (χ0) is 26.9. The number of esters is 1. The van der Waals surface area contributed by atoms with Crippen molar-refractivity contribution in [3.63, 3.8) is 0 Å². The van der Waals surface area contributed by atoms with E-state index in [-0.39, 0.29) is 41.1 Å². The summed E-state index contributed by atoms with van der Waals surface area (Å²) in [5.74, 6) is -2.13. The standard InChI is InChI=1S/C27H36BrN3O6S/c1-2-37-26(35)20-21-25(34)31(18(16-32)14-17-6-4-3-5-7-17)23(27(21)15-19(28)22(20)38-27)24(33)29-8-9-30-10-12-36-13-11-30/h3-7,18-23,32H,2,8-16H2,1H3,(H,29,33)/t18-,19?,20-,21+,22-,23?,27?/m1/s1. The molecule has 0 aliphatic carbocycles. The minimum absolute atomic E-state index is 0.0174. The van der Waals surface area contributed by atoms with Crippen molar-refractivity contribution in [1.82, 2.24) is 15.1 Å². The molecule has 4 fully saturated rings. The van der Waals surface area contributed by atoms with Crippen molar-refractivity contribution in [3.05, 3.63) is 35.9 Å². The molecule has 4 aliphatic rings. The lowest BCUT2D eigenvalue weighted by atomic mass is 9.71. The number of benzene rings is 1. The molecule has 1 aromatic rings. The molecule has 0 saturated carbocycles. The first-order valence-corrected chi connectivity index (χ1v) is 15.2. The molecule has 0 radical (unpaired) electrons. The Morgan fingerprint density at radius 2 is 2.03 bits per heavy atom. The van der Waals surface area contributed by atoms with E-state index in [1.54, 1.807) is 23.6 Å². The van der Waals surface area contributed by atoms with Crippen molar-refractivity contribution >= 4 is 45.5 Å². The number of hydrogen-bond acceptors (Lipinski definition) is 8. The van der Waals surface area contributed by atoms with Crippen molar-refractivity contribution < 1.29 is 29.0 Å². The summed E-state index contributed by atoms with van der Waals surface area (Å²) in [6.45, 7) is 5.87. The topological polar surface area (TPSA) is 108 Å². The van der Waals surface area contributed by atoms with E-state index >= 15 is 0 Å². The third kappa shape index (κ3) is 5.00. The van der Waals surface area contributed by atoms with Gasteiger partial charge in [-0.15, -0.1) is 11.8 Å². The summed E-state index contributed by atoms with van der Waals surface area (Å²) in [7, 11) is 0. The highest BCUT2D eigenvalue weighted by Crippen LogP contribution is 2.68. The van der Waals surface area contributed by atoms with E-state index in [1.165, 1.54) is 0 Å². The molecule has 4 saturated heterocycles. The monoisotopic (exact) mass is 609 g/mol. The average molecular weight is 611 g/mol. The van der Waals surface area contributed by atoms with Gasteiger partial charge in [-0.2, -0.15) is 0 Å². The number of aliphatic hydroxyl groups is 1. The van der Waals surface area contributed by atoms with Crippen molar-refractivity contribution in [2.75, 3.05) is 52.6 Å². The van der Waals surface area contributed by atoms with Crippen LogP contribution in [0.15, 0.2) is 30.3 Å². The second kappa shape index (κ2) is 11.8. The Morgan fingerprint density at radius 3 is 2.71 bits per heavy atom. The summed E-state index contributed by atoms with van der Waals surface area (Å²) < 4.78 is 10.1. The molecule has 1 spiro atoms. The third-order valence-electron chi connectivity index (χ3n) is 8.28. The Labute approximate surface area is 236 Å². The number of thioether (sulfide) groups is 1. The number of aliphatic hydroxyl groups excluding tert-OH is 1. The van der Waals surface area contributed by atoms with Gasteiger partial charge < -0.3 is 24.8 Å². The largest absolute Gasteiger partial charge is 0.466 e. The quantitative estimate of drug-likeness (QED) is 0.300. The molecule has 5 rings (SSSR count). The molecule has 2 amide bonds. The van der Waals surface area contributed by atoms with Crippen molar-refractivity contribution in [1.29, 1.82) is 0 Å². The van der Waals surface area contributed by atoms with E-state index < -0.39 is 28.7 Å². The lowest BCUT2D eigenvalue weighted by Crippen LogP contribution is -2.58. The highest BCUT2D eigenvalue weighted by molar-refractivity contribution is 9.09. The summed E-state index contributed by atoms with van der Waals surface area (Å²) >= 11 is 5.34. The van der Waals surface area contributed by atoms with Gasteiger partial charge in [0.25, 0.3) is 0 Å². The Hall–Kier alpha value is -1.66. The molecule has 7 atom stereocenters. The van der Waals surface area contributed by atoms with E-state index in [0.717, 1.165) is 18.7 Å². The fourth-order valence-electron chi connectivity index (χ4n) is 6.66. The van der Waals surface area contributed by atoms with E-state index in [2.05, 4.69) is 26.1 Å². The first kappa shape index (κ1) is 27.9. The molecule has 11 heteroatoms. The molecule has 4 heterocycles. The normalized spacial score (nSPS) is 33.3. The number of fused-ring (bicyclic) bond motifs is 1. The molecule has 2 N–H and O–H groups in total. The molecule has 38 heavy (non-hydrogen) atoms. The molecular formula is C27H36BrN3O6S. The highest BCUT2D eigenvalue weighted by atomic mass is 79.9. The highest BCUT2D eigenvalue weighted by Gasteiger charge is 2.76. The van der Waals surface area contributed by atoms with Crippen LogP contribution in [0.1, 0.15) is 18.9 Å². The van der Waals surface area contributed by atoms with Gasteiger partial charge in [-0.25, -0.2) is 0 Å². The summed E-state index contributed by atoms with van der Waals surface area (Å²) in [5.41, 5.74) is 0.970. The van der Waals surface area contributed by atoms with Gasteiger partial charge in [0.2, 0.25) is 11.8 Å².